The fourth-order valence-electron chi connectivity index (χ4n) is 5.48. The van der Waals surface area contributed by atoms with E-state index in [0.717, 1.165) is 27.1 Å². The SMILES string of the molecule is c1ccc(COCC2O[C@@H](Sc3ccccc3)C(OCc3ccccc3)C(OCc3ccccc3)[C@H]2OCc2ccccc2)cc1. The maximum atomic E-state index is 6.92. The Kier molecular flexibility index (Phi) is 12.1. The lowest BCUT2D eigenvalue weighted by molar-refractivity contribution is -0.254. The molecule has 0 radical (unpaired) electrons. The summed E-state index contributed by atoms with van der Waals surface area (Å²) < 4.78 is 33.6. The summed E-state index contributed by atoms with van der Waals surface area (Å²) in [6.07, 6.45) is -1.72. The number of hydrogen-bond acceptors (Lipinski definition) is 6. The summed E-state index contributed by atoms with van der Waals surface area (Å²) in [7, 11) is 0. The first-order valence-corrected chi connectivity index (χ1v) is 16.7. The Morgan fingerprint density at radius 2 is 0.826 bits per heavy atom. The second-order valence-electron chi connectivity index (χ2n) is 11.3. The normalized spacial score (nSPS) is 21.2. The molecule has 6 rings (SSSR count). The zero-order chi connectivity index (χ0) is 31.2. The van der Waals surface area contributed by atoms with E-state index in [2.05, 4.69) is 60.7 Å². The van der Waals surface area contributed by atoms with Gasteiger partial charge >= 0.3 is 0 Å². The van der Waals surface area contributed by atoms with E-state index >= 15 is 0 Å². The molecule has 236 valence electrons. The molecule has 6 heteroatoms. The second kappa shape index (κ2) is 17.2. The van der Waals surface area contributed by atoms with Crippen molar-refractivity contribution in [3.63, 3.8) is 0 Å². The van der Waals surface area contributed by atoms with Crippen LogP contribution < -0.4 is 0 Å². The van der Waals surface area contributed by atoms with E-state index in [9.17, 15) is 0 Å². The van der Waals surface area contributed by atoms with E-state index in [4.69, 9.17) is 23.7 Å². The number of ether oxygens (including phenoxy) is 5. The standard InChI is InChI=1S/C40H40O5S/c1-6-16-31(17-7-1)26-41-30-36-37(42-27-32-18-8-2-9-19-32)38(43-28-33-20-10-3-11-21-33)39(44-29-34-22-12-4-13-23-34)40(45-36)46-35-24-14-5-15-25-35/h1-25,36-40H,26-30H2/t36?,37-,38?,39?,40-/m0/s1. The fraction of sp³-hybridized carbons (Fsp3) is 0.250. The van der Waals surface area contributed by atoms with E-state index in [1.807, 2.05) is 91.0 Å². The molecule has 3 unspecified atom stereocenters. The predicted octanol–water partition coefficient (Wildman–Crippen LogP) is 8.48. The summed E-state index contributed by atoms with van der Waals surface area (Å²) in [6, 6.07) is 51.2. The molecule has 1 aliphatic heterocycles. The third-order valence-corrected chi connectivity index (χ3v) is 8.99. The van der Waals surface area contributed by atoms with Crippen LogP contribution in [0.2, 0.25) is 0 Å². The van der Waals surface area contributed by atoms with Crippen molar-refractivity contribution in [3.8, 4) is 0 Å². The van der Waals surface area contributed by atoms with Crippen molar-refractivity contribution in [1.82, 2.24) is 0 Å². The molecule has 0 aliphatic carbocycles. The molecule has 5 aromatic carbocycles. The van der Waals surface area contributed by atoms with Crippen molar-refractivity contribution < 1.29 is 23.7 Å². The van der Waals surface area contributed by atoms with Gasteiger partial charge in [0.25, 0.3) is 0 Å². The van der Waals surface area contributed by atoms with Crippen LogP contribution in [0.1, 0.15) is 22.3 Å². The van der Waals surface area contributed by atoms with Gasteiger partial charge in [-0.1, -0.05) is 151 Å². The lowest BCUT2D eigenvalue weighted by Gasteiger charge is -2.46. The van der Waals surface area contributed by atoms with Crippen molar-refractivity contribution in [3.05, 3.63) is 174 Å². The predicted molar refractivity (Wildman–Crippen MR) is 182 cm³/mol. The van der Waals surface area contributed by atoms with Crippen LogP contribution in [0.5, 0.6) is 0 Å². The average molecular weight is 633 g/mol. The molecule has 0 aromatic heterocycles. The highest BCUT2D eigenvalue weighted by atomic mass is 32.2. The topological polar surface area (TPSA) is 46.2 Å². The molecule has 0 bridgehead atoms. The molecule has 1 saturated heterocycles. The largest absolute Gasteiger partial charge is 0.374 e. The lowest BCUT2D eigenvalue weighted by Crippen LogP contribution is -2.60. The minimum Gasteiger partial charge on any atom is -0.374 e. The highest BCUT2D eigenvalue weighted by Gasteiger charge is 2.48. The highest BCUT2D eigenvalue weighted by Crippen LogP contribution is 2.38. The molecule has 46 heavy (non-hydrogen) atoms. The monoisotopic (exact) mass is 632 g/mol. The van der Waals surface area contributed by atoms with Gasteiger partial charge in [-0.3, -0.25) is 0 Å². The number of hydrogen-bond donors (Lipinski definition) is 0. The molecule has 0 spiro atoms. The van der Waals surface area contributed by atoms with Crippen molar-refractivity contribution in [2.45, 2.75) is 61.2 Å². The minimum atomic E-state index is -0.451. The summed E-state index contributed by atoms with van der Waals surface area (Å²) in [6.45, 7) is 2.08. The Morgan fingerprint density at radius 3 is 1.30 bits per heavy atom. The van der Waals surface area contributed by atoms with Gasteiger partial charge in [0.2, 0.25) is 0 Å². The Balaban J connectivity index is 1.31. The smallest absolute Gasteiger partial charge is 0.137 e. The molecule has 1 aliphatic rings. The molecular weight excluding hydrogens is 593 g/mol. The van der Waals surface area contributed by atoms with Crippen LogP contribution in [-0.4, -0.2) is 36.5 Å². The number of thioether (sulfide) groups is 1. The van der Waals surface area contributed by atoms with E-state index in [-0.39, 0.29) is 5.44 Å². The molecule has 5 nitrogen and oxygen atoms in total. The molecule has 0 amide bonds. The quantitative estimate of drug-likeness (QED) is 0.115. The molecule has 0 N–H and O–H groups in total. The highest BCUT2D eigenvalue weighted by molar-refractivity contribution is 7.99. The maximum Gasteiger partial charge on any atom is 0.137 e. The van der Waals surface area contributed by atoms with Crippen LogP contribution in [-0.2, 0) is 50.1 Å². The summed E-state index contributed by atoms with van der Waals surface area (Å²) in [5, 5.41) is 0. The lowest BCUT2D eigenvalue weighted by atomic mass is 9.98. The van der Waals surface area contributed by atoms with Crippen molar-refractivity contribution >= 4 is 11.8 Å². The molecule has 1 fully saturated rings. The van der Waals surface area contributed by atoms with Crippen LogP contribution in [0, 0.1) is 0 Å². The Morgan fingerprint density at radius 1 is 0.435 bits per heavy atom. The number of rotatable bonds is 15. The molecular formula is C40H40O5S. The first-order valence-electron chi connectivity index (χ1n) is 15.8. The summed E-state index contributed by atoms with van der Waals surface area (Å²) in [4.78, 5) is 1.09. The van der Waals surface area contributed by atoms with Crippen LogP contribution in [0.15, 0.2) is 157 Å². The Labute approximate surface area is 276 Å². The van der Waals surface area contributed by atoms with Crippen molar-refractivity contribution in [2.24, 2.45) is 0 Å². The molecule has 5 aromatic rings. The summed E-state index contributed by atoms with van der Waals surface area (Å²) in [5.41, 5.74) is 3.99. The third-order valence-electron chi connectivity index (χ3n) is 7.84. The second-order valence-corrected chi connectivity index (χ2v) is 12.4. The van der Waals surface area contributed by atoms with Gasteiger partial charge < -0.3 is 23.7 Å². The average Bonchev–Trinajstić information content (AvgIpc) is 3.12. The molecule has 5 atom stereocenters. The maximum absolute atomic E-state index is 6.92. The van der Waals surface area contributed by atoms with Crippen LogP contribution in [0.3, 0.4) is 0 Å². The minimum absolute atomic E-state index is 0.344. The zero-order valence-corrected chi connectivity index (χ0v) is 26.6. The van der Waals surface area contributed by atoms with E-state index in [0.29, 0.717) is 33.0 Å². The van der Waals surface area contributed by atoms with Crippen LogP contribution >= 0.6 is 11.8 Å². The Bertz CT molecular complexity index is 1540. The van der Waals surface area contributed by atoms with Gasteiger partial charge in [-0.15, -0.1) is 0 Å². The number of benzene rings is 5. The molecule has 0 saturated carbocycles. The first kappa shape index (κ1) is 32.2. The fourth-order valence-corrected chi connectivity index (χ4v) is 6.62. The van der Waals surface area contributed by atoms with Crippen LogP contribution in [0.4, 0.5) is 0 Å². The van der Waals surface area contributed by atoms with Gasteiger partial charge in [-0.2, -0.15) is 0 Å². The third kappa shape index (κ3) is 9.39. The van der Waals surface area contributed by atoms with Gasteiger partial charge in [-0.05, 0) is 34.4 Å². The van der Waals surface area contributed by atoms with Gasteiger partial charge in [0.15, 0.2) is 0 Å². The van der Waals surface area contributed by atoms with E-state index in [1.165, 1.54) is 0 Å². The van der Waals surface area contributed by atoms with Crippen molar-refractivity contribution in [1.29, 1.82) is 0 Å². The summed E-state index contributed by atoms with van der Waals surface area (Å²) >= 11 is 1.64. The molecule has 1 heterocycles. The van der Waals surface area contributed by atoms with Gasteiger partial charge in [0, 0.05) is 4.90 Å². The zero-order valence-electron chi connectivity index (χ0n) is 25.8. The van der Waals surface area contributed by atoms with E-state index < -0.39 is 24.4 Å². The Hall–Kier alpha value is -3.75. The van der Waals surface area contributed by atoms with Gasteiger partial charge in [-0.25, -0.2) is 0 Å². The first-order chi connectivity index (χ1) is 22.8. The van der Waals surface area contributed by atoms with E-state index in [1.54, 1.807) is 11.8 Å². The van der Waals surface area contributed by atoms with Gasteiger partial charge in [0.1, 0.15) is 29.9 Å². The van der Waals surface area contributed by atoms with Crippen molar-refractivity contribution in [2.75, 3.05) is 6.61 Å². The summed E-state index contributed by atoms with van der Waals surface area (Å²) in [5.74, 6) is 0. The van der Waals surface area contributed by atoms with Gasteiger partial charge in [0.05, 0.1) is 33.0 Å². The van der Waals surface area contributed by atoms with Crippen LogP contribution in [0.25, 0.3) is 0 Å².